The van der Waals surface area contributed by atoms with Gasteiger partial charge in [-0.15, -0.1) is 0 Å². The highest BCUT2D eigenvalue weighted by atomic mass is 16.5. The molecule has 0 spiro atoms. The maximum atomic E-state index is 5.67. The number of hydrogen-bond donors (Lipinski definition) is 0. The molecule has 1 aromatic heterocycles. The van der Waals surface area contributed by atoms with Gasteiger partial charge in [-0.05, 0) is 36.4 Å². The summed E-state index contributed by atoms with van der Waals surface area (Å²) in [6, 6.07) is 16.5. The third-order valence-corrected chi connectivity index (χ3v) is 5.22. The molecule has 0 amide bonds. The van der Waals surface area contributed by atoms with Crippen LogP contribution in [-0.4, -0.2) is 57.3 Å². The smallest absolute Gasteiger partial charge is 0.145 e. The second kappa shape index (κ2) is 7.45. The van der Waals surface area contributed by atoms with E-state index >= 15 is 0 Å². The topological polar surface area (TPSA) is 37.8 Å². The minimum absolute atomic E-state index is 0.763. The van der Waals surface area contributed by atoms with Crippen molar-refractivity contribution in [2.75, 3.05) is 52.3 Å². The van der Waals surface area contributed by atoms with Crippen LogP contribution in [0.2, 0.25) is 0 Å². The van der Waals surface area contributed by atoms with Gasteiger partial charge in [0.1, 0.15) is 22.8 Å². The molecule has 0 N–H and O–H groups in total. The number of likely N-dealkylation sites (N-methyl/N-ethyl adjacent to an activating group) is 1. The predicted molar refractivity (Wildman–Crippen MR) is 110 cm³/mol. The number of ether oxygens (including phenoxy) is 2. The van der Waals surface area contributed by atoms with Crippen molar-refractivity contribution in [3.05, 3.63) is 48.5 Å². The largest absolute Gasteiger partial charge is 0.496 e. The molecular weight excluding hydrogens is 338 g/mol. The van der Waals surface area contributed by atoms with Crippen molar-refractivity contribution in [3.8, 4) is 22.6 Å². The molecule has 0 bridgehead atoms. The number of pyridine rings is 1. The summed E-state index contributed by atoms with van der Waals surface area (Å²) in [6.07, 6.45) is 0. The van der Waals surface area contributed by atoms with E-state index in [2.05, 4.69) is 47.2 Å². The van der Waals surface area contributed by atoms with E-state index in [1.54, 1.807) is 14.2 Å². The first-order chi connectivity index (χ1) is 13.2. The molecule has 0 aliphatic carbocycles. The summed E-state index contributed by atoms with van der Waals surface area (Å²) in [5.74, 6) is 2.56. The maximum absolute atomic E-state index is 5.67. The standard InChI is InChI=1S/C22H25N3O2/c1-24-11-13-25(14-12-24)20-15-17(16-7-5-4-6-8-16)21-18(26-2)9-10-19(27-3)22(21)23-20/h4-10,15H,11-14H2,1-3H3. The van der Waals surface area contributed by atoms with Gasteiger partial charge in [0.15, 0.2) is 0 Å². The number of nitrogens with zero attached hydrogens (tertiary/aromatic N) is 3. The van der Waals surface area contributed by atoms with Gasteiger partial charge in [0.2, 0.25) is 0 Å². The fourth-order valence-corrected chi connectivity index (χ4v) is 3.65. The Morgan fingerprint density at radius 3 is 2.19 bits per heavy atom. The van der Waals surface area contributed by atoms with Crippen LogP contribution in [0.5, 0.6) is 11.5 Å². The summed E-state index contributed by atoms with van der Waals surface area (Å²) < 4.78 is 11.3. The summed E-state index contributed by atoms with van der Waals surface area (Å²) in [6.45, 7) is 4.01. The number of hydrogen-bond acceptors (Lipinski definition) is 5. The van der Waals surface area contributed by atoms with E-state index in [4.69, 9.17) is 14.5 Å². The zero-order chi connectivity index (χ0) is 18.8. The lowest BCUT2D eigenvalue weighted by molar-refractivity contribution is 0.312. The summed E-state index contributed by atoms with van der Waals surface area (Å²) in [4.78, 5) is 9.69. The highest BCUT2D eigenvalue weighted by molar-refractivity contribution is 6.03. The number of methoxy groups -OCH3 is 2. The van der Waals surface area contributed by atoms with Crippen LogP contribution < -0.4 is 14.4 Å². The van der Waals surface area contributed by atoms with E-state index < -0.39 is 0 Å². The molecule has 2 aromatic carbocycles. The van der Waals surface area contributed by atoms with Gasteiger partial charge in [-0.25, -0.2) is 4.98 Å². The van der Waals surface area contributed by atoms with E-state index in [1.807, 2.05) is 18.2 Å². The molecule has 27 heavy (non-hydrogen) atoms. The molecule has 1 aliphatic rings. The predicted octanol–water partition coefficient (Wildman–Crippen LogP) is 3.67. The number of fused-ring (bicyclic) bond motifs is 1. The third-order valence-electron chi connectivity index (χ3n) is 5.22. The first kappa shape index (κ1) is 17.6. The quantitative estimate of drug-likeness (QED) is 0.707. The number of anilines is 1. The Morgan fingerprint density at radius 2 is 1.52 bits per heavy atom. The van der Waals surface area contributed by atoms with E-state index in [9.17, 15) is 0 Å². The van der Waals surface area contributed by atoms with Gasteiger partial charge in [-0.2, -0.15) is 0 Å². The molecule has 0 atom stereocenters. The van der Waals surface area contributed by atoms with Crippen LogP contribution in [0.4, 0.5) is 5.82 Å². The van der Waals surface area contributed by atoms with Gasteiger partial charge in [0, 0.05) is 26.2 Å². The van der Waals surface area contributed by atoms with Crippen molar-refractivity contribution < 1.29 is 9.47 Å². The van der Waals surface area contributed by atoms with Gasteiger partial charge >= 0.3 is 0 Å². The van der Waals surface area contributed by atoms with Gasteiger partial charge in [-0.1, -0.05) is 30.3 Å². The average molecular weight is 363 g/mol. The molecule has 1 fully saturated rings. The molecule has 3 aromatic rings. The molecule has 2 heterocycles. The van der Waals surface area contributed by atoms with Gasteiger partial charge in [0.25, 0.3) is 0 Å². The second-order valence-corrected chi connectivity index (χ2v) is 6.88. The molecule has 5 nitrogen and oxygen atoms in total. The van der Waals surface area contributed by atoms with Gasteiger partial charge in [0.05, 0.1) is 19.6 Å². The summed E-state index contributed by atoms with van der Waals surface area (Å²) in [5, 5.41) is 0.987. The Bertz CT molecular complexity index is 935. The maximum Gasteiger partial charge on any atom is 0.145 e. The van der Waals surface area contributed by atoms with Crippen LogP contribution in [0.3, 0.4) is 0 Å². The Morgan fingerprint density at radius 1 is 0.852 bits per heavy atom. The van der Waals surface area contributed by atoms with Crippen molar-refractivity contribution in [2.45, 2.75) is 0 Å². The number of piperazine rings is 1. The highest BCUT2D eigenvalue weighted by Crippen LogP contribution is 2.40. The van der Waals surface area contributed by atoms with E-state index in [0.29, 0.717) is 0 Å². The lowest BCUT2D eigenvalue weighted by Crippen LogP contribution is -2.44. The van der Waals surface area contributed by atoms with Crippen molar-refractivity contribution in [1.82, 2.24) is 9.88 Å². The molecule has 1 saturated heterocycles. The molecule has 5 heteroatoms. The lowest BCUT2D eigenvalue weighted by atomic mass is 9.99. The van der Waals surface area contributed by atoms with Crippen LogP contribution in [0.15, 0.2) is 48.5 Å². The molecule has 140 valence electrons. The summed E-state index contributed by atoms with van der Waals surface area (Å²) in [5.41, 5.74) is 3.10. The molecule has 0 unspecified atom stereocenters. The number of rotatable bonds is 4. The van der Waals surface area contributed by atoms with Crippen LogP contribution in [0.25, 0.3) is 22.0 Å². The first-order valence-electron chi connectivity index (χ1n) is 9.26. The lowest BCUT2D eigenvalue weighted by Gasteiger charge is -2.33. The van der Waals surface area contributed by atoms with E-state index in [-0.39, 0.29) is 0 Å². The number of aromatic nitrogens is 1. The summed E-state index contributed by atoms with van der Waals surface area (Å²) >= 11 is 0. The Labute approximate surface area is 160 Å². The highest BCUT2D eigenvalue weighted by Gasteiger charge is 2.21. The number of benzene rings is 2. The molecule has 0 radical (unpaired) electrons. The molecule has 4 rings (SSSR count). The Balaban J connectivity index is 1.96. The van der Waals surface area contributed by atoms with Crippen molar-refractivity contribution in [2.24, 2.45) is 0 Å². The van der Waals surface area contributed by atoms with Crippen LogP contribution >= 0.6 is 0 Å². The fraction of sp³-hybridized carbons (Fsp3) is 0.318. The normalized spacial score (nSPS) is 15.1. The Kier molecular flexibility index (Phi) is 4.86. The van der Waals surface area contributed by atoms with Crippen molar-refractivity contribution >= 4 is 16.7 Å². The van der Waals surface area contributed by atoms with Gasteiger partial charge < -0.3 is 19.3 Å². The van der Waals surface area contributed by atoms with Crippen LogP contribution in [-0.2, 0) is 0 Å². The fourth-order valence-electron chi connectivity index (χ4n) is 3.65. The monoisotopic (exact) mass is 363 g/mol. The van der Waals surface area contributed by atoms with E-state index in [0.717, 1.165) is 65.5 Å². The summed E-state index contributed by atoms with van der Waals surface area (Å²) in [7, 11) is 5.55. The minimum atomic E-state index is 0.763. The molecular formula is C22H25N3O2. The first-order valence-corrected chi connectivity index (χ1v) is 9.26. The Hall–Kier alpha value is -2.79. The average Bonchev–Trinajstić information content (AvgIpc) is 2.73. The SMILES string of the molecule is COc1ccc(OC)c2c(-c3ccccc3)cc(N3CCN(C)CC3)nc12. The van der Waals surface area contributed by atoms with Gasteiger partial charge in [-0.3, -0.25) is 0 Å². The van der Waals surface area contributed by atoms with Crippen molar-refractivity contribution in [3.63, 3.8) is 0 Å². The zero-order valence-electron chi connectivity index (χ0n) is 16.1. The van der Waals surface area contributed by atoms with Crippen LogP contribution in [0, 0.1) is 0 Å². The van der Waals surface area contributed by atoms with E-state index in [1.165, 1.54) is 0 Å². The minimum Gasteiger partial charge on any atom is -0.496 e. The third kappa shape index (κ3) is 3.30. The molecule has 0 saturated carbocycles. The second-order valence-electron chi connectivity index (χ2n) is 6.88. The van der Waals surface area contributed by atoms with Crippen molar-refractivity contribution in [1.29, 1.82) is 0 Å². The molecule has 1 aliphatic heterocycles. The zero-order valence-corrected chi connectivity index (χ0v) is 16.1. The van der Waals surface area contributed by atoms with Crippen LogP contribution in [0.1, 0.15) is 0 Å².